The molecule has 4 heteroatoms. The number of benzene rings is 2. The molecule has 148 valence electrons. The SMILES string of the molecule is CCCCC(C)(c1ccccc1C[Si](C)(C)C)S(=O)(=O)c1ccc(C)cc1. The Labute approximate surface area is 167 Å². The van der Waals surface area contributed by atoms with Crippen LogP contribution >= 0.6 is 0 Å². The fourth-order valence-electron chi connectivity index (χ4n) is 3.67. The van der Waals surface area contributed by atoms with Crippen molar-refractivity contribution in [2.75, 3.05) is 0 Å². The summed E-state index contributed by atoms with van der Waals surface area (Å²) in [6.45, 7) is 13.0. The van der Waals surface area contributed by atoms with Crippen molar-refractivity contribution >= 4 is 17.9 Å². The van der Waals surface area contributed by atoms with Gasteiger partial charge in [0.2, 0.25) is 0 Å². The van der Waals surface area contributed by atoms with Gasteiger partial charge in [-0.25, -0.2) is 8.42 Å². The van der Waals surface area contributed by atoms with E-state index in [2.05, 4.69) is 32.6 Å². The van der Waals surface area contributed by atoms with Crippen LogP contribution in [0.15, 0.2) is 53.4 Å². The van der Waals surface area contributed by atoms with E-state index in [1.54, 1.807) is 12.1 Å². The van der Waals surface area contributed by atoms with Gasteiger partial charge in [-0.3, -0.25) is 0 Å². The molecule has 2 nitrogen and oxygen atoms in total. The van der Waals surface area contributed by atoms with E-state index in [1.165, 1.54) is 5.56 Å². The Balaban J connectivity index is 2.66. The van der Waals surface area contributed by atoms with Crippen LogP contribution in [-0.4, -0.2) is 16.5 Å². The van der Waals surface area contributed by atoms with Gasteiger partial charge in [0.25, 0.3) is 0 Å². The Morgan fingerprint density at radius 3 is 2.11 bits per heavy atom. The lowest BCUT2D eigenvalue weighted by molar-refractivity contribution is 0.500. The smallest absolute Gasteiger partial charge is 0.187 e. The molecule has 0 fully saturated rings. The first kappa shape index (κ1) is 21.9. The van der Waals surface area contributed by atoms with Gasteiger partial charge in [0.05, 0.1) is 9.64 Å². The van der Waals surface area contributed by atoms with E-state index in [1.807, 2.05) is 44.2 Å². The molecule has 0 N–H and O–H groups in total. The van der Waals surface area contributed by atoms with E-state index in [4.69, 9.17) is 0 Å². The van der Waals surface area contributed by atoms with Crippen LogP contribution in [-0.2, 0) is 20.6 Å². The van der Waals surface area contributed by atoms with Gasteiger partial charge in [-0.15, -0.1) is 0 Å². The van der Waals surface area contributed by atoms with Crippen LogP contribution in [0.5, 0.6) is 0 Å². The lowest BCUT2D eigenvalue weighted by Gasteiger charge is -2.33. The summed E-state index contributed by atoms with van der Waals surface area (Å²) in [5.41, 5.74) is 3.26. The Hall–Kier alpha value is -1.39. The standard InChI is InChI=1S/C23H34O2SSi/c1-7-8-17-23(3,26(24,25)21-15-13-19(2)14-16-21)22-12-10-9-11-20(22)18-27(4,5)6/h9-16H,7-8,17-18H2,1-6H3. The minimum atomic E-state index is -3.51. The van der Waals surface area contributed by atoms with Crippen molar-refractivity contribution < 1.29 is 8.42 Å². The van der Waals surface area contributed by atoms with Crippen molar-refractivity contribution in [2.45, 2.75) is 75.4 Å². The molecule has 2 rings (SSSR count). The summed E-state index contributed by atoms with van der Waals surface area (Å²) in [6.07, 6.45) is 2.51. The van der Waals surface area contributed by atoms with Gasteiger partial charge < -0.3 is 0 Å². The highest BCUT2D eigenvalue weighted by molar-refractivity contribution is 7.92. The average molecular weight is 403 g/mol. The third-order valence-electron chi connectivity index (χ3n) is 5.24. The second kappa shape index (κ2) is 8.32. The average Bonchev–Trinajstić information content (AvgIpc) is 2.59. The summed E-state index contributed by atoms with van der Waals surface area (Å²) < 4.78 is 26.7. The second-order valence-electron chi connectivity index (χ2n) is 9.05. The van der Waals surface area contributed by atoms with E-state index in [-0.39, 0.29) is 0 Å². The van der Waals surface area contributed by atoms with Crippen LogP contribution in [0.1, 0.15) is 49.8 Å². The van der Waals surface area contributed by atoms with Crippen molar-refractivity contribution in [3.05, 3.63) is 65.2 Å². The first-order valence-corrected chi connectivity index (χ1v) is 15.1. The van der Waals surface area contributed by atoms with Gasteiger partial charge in [0.15, 0.2) is 9.84 Å². The number of rotatable bonds is 8. The van der Waals surface area contributed by atoms with Gasteiger partial charge in [-0.05, 0) is 49.6 Å². The molecule has 1 atom stereocenters. The molecule has 2 aromatic carbocycles. The zero-order valence-electron chi connectivity index (χ0n) is 17.7. The summed E-state index contributed by atoms with van der Waals surface area (Å²) in [5, 5.41) is 0. The fourth-order valence-corrected chi connectivity index (χ4v) is 7.03. The highest BCUT2D eigenvalue weighted by Gasteiger charge is 2.42. The summed E-state index contributed by atoms with van der Waals surface area (Å²) in [6, 6.07) is 16.5. The summed E-state index contributed by atoms with van der Waals surface area (Å²) in [4.78, 5) is 0.425. The zero-order valence-corrected chi connectivity index (χ0v) is 19.5. The van der Waals surface area contributed by atoms with Gasteiger partial charge in [0.1, 0.15) is 0 Å². The lowest BCUT2D eigenvalue weighted by atomic mass is 9.91. The molecule has 2 aromatic rings. The molecule has 0 saturated carbocycles. The summed E-state index contributed by atoms with van der Waals surface area (Å²) in [7, 11) is -4.89. The van der Waals surface area contributed by atoms with Crippen LogP contribution in [0, 0.1) is 6.92 Å². The quantitative estimate of drug-likeness (QED) is 0.486. The topological polar surface area (TPSA) is 34.1 Å². The first-order valence-electron chi connectivity index (χ1n) is 9.91. The molecule has 0 heterocycles. The van der Waals surface area contributed by atoms with Gasteiger partial charge >= 0.3 is 0 Å². The van der Waals surface area contributed by atoms with E-state index in [9.17, 15) is 8.42 Å². The minimum Gasteiger partial charge on any atom is -0.223 e. The second-order valence-corrected chi connectivity index (χ2v) is 16.9. The van der Waals surface area contributed by atoms with Gasteiger partial charge in [-0.1, -0.05) is 81.4 Å². The molecule has 0 amide bonds. The minimum absolute atomic E-state index is 0.425. The number of hydrogen-bond acceptors (Lipinski definition) is 2. The highest BCUT2D eigenvalue weighted by atomic mass is 32.2. The van der Waals surface area contributed by atoms with Crippen molar-refractivity contribution in [1.82, 2.24) is 0 Å². The van der Waals surface area contributed by atoms with Crippen molar-refractivity contribution in [3.8, 4) is 0 Å². The molecule has 0 saturated heterocycles. The number of unbranched alkanes of at least 4 members (excludes halogenated alkanes) is 1. The molecular formula is C23H34O2SSi. The van der Waals surface area contributed by atoms with Crippen molar-refractivity contribution in [2.24, 2.45) is 0 Å². The highest BCUT2D eigenvalue weighted by Crippen LogP contribution is 2.41. The van der Waals surface area contributed by atoms with Crippen molar-refractivity contribution in [3.63, 3.8) is 0 Å². The Bertz CT molecular complexity index is 864. The molecule has 27 heavy (non-hydrogen) atoms. The van der Waals surface area contributed by atoms with Gasteiger partial charge in [0, 0.05) is 8.07 Å². The third kappa shape index (κ3) is 4.91. The van der Waals surface area contributed by atoms with Crippen LogP contribution in [0.4, 0.5) is 0 Å². The fraction of sp³-hybridized carbons (Fsp3) is 0.478. The molecular weight excluding hydrogens is 368 g/mol. The molecule has 0 aromatic heterocycles. The summed E-state index contributed by atoms with van der Waals surface area (Å²) >= 11 is 0. The van der Waals surface area contributed by atoms with Crippen molar-refractivity contribution in [1.29, 1.82) is 0 Å². The van der Waals surface area contributed by atoms with E-state index in [0.717, 1.165) is 30.0 Å². The van der Waals surface area contributed by atoms with Crippen LogP contribution in [0.3, 0.4) is 0 Å². The zero-order chi connectivity index (χ0) is 20.3. The monoisotopic (exact) mass is 402 g/mol. The molecule has 0 bridgehead atoms. The van der Waals surface area contributed by atoms with E-state index >= 15 is 0 Å². The van der Waals surface area contributed by atoms with E-state index in [0.29, 0.717) is 11.3 Å². The van der Waals surface area contributed by atoms with Crippen LogP contribution in [0.2, 0.25) is 19.6 Å². The normalized spacial score (nSPS) is 14.7. The molecule has 0 aliphatic rings. The summed E-state index contributed by atoms with van der Waals surface area (Å²) in [5.74, 6) is 0. The maximum absolute atomic E-state index is 13.8. The number of sulfone groups is 1. The maximum atomic E-state index is 13.8. The Morgan fingerprint density at radius 2 is 1.56 bits per heavy atom. The predicted octanol–water partition coefficient (Wildman–Crippen LogP) is 6.29. The molecule has 0 aliphatic carbocycles. The van der Waals surface area contributed by atoms with E-state index < -0.39 is 22.7 Å². The molecule has 0 spiro atoms. The van der Waals surface area contributed by atoms with Crippen LogP contribution in [0.25, 0.3) is 0 Å². The lowest BCUT2D eigenvalue weighted by Crippen LogP contribution is -2.35. The Morgan fingerprint density at radius 1 is 0.963 bits per heavy atom. The number of aryl methyl sites for hydroxylation is 1. The molecule has 0 radical (unpaired) electrons. The van der Waals surface area contributed by atoms with Gasteiger partial charge in [-0.2, -0.15) is 0 Å². The Kier molecular flexibility index (Phi) is 6.75. The molecule has 1 unspecified atom stereocenters. The predicted molar refractivity (Wildman–Crippen MR) is 119 cm³/mol. The third-order valence-corrected chi connectivity index (χ3v) is 9.18. The van der Waals surface area contributed by atoms with Crippen LogP contribution < -0.4 is 0 Å². The first-order chi connectivity index (χ1) is 12.5. The largest absolute Gasteiger partial charge is 0.223 e. The molecule has 0 aliphatic heterocycles. The maximum Gasteiger partial charge on any atom is 0.187 e. The number of hydrogen-bond donors (Lipinski definition) is 0.